The van der Waals surface area contributed by atoms with Crippen molar-refractivity contribution >= 4 is 46.7 Å². The normalized spacial score (nSPS) is 11.1. The van der Waals surface area contributed by atoms with Gasteiger partial charge in [0.05, 0.1) is 9.82 Å². The van der Waals surface area contributed by atoms with Gasteiger partial charge in [-0.3, -0.25) is 14.9 Å². The van der Waals surface area contributed by atoms with Crippen LogP contribution in [0.15, 0.2) is 64.4 Å². The van der Waals surface area contributed by atoms with Gasteiger partial charge in [-0.15, -0.1) is 0 Å². The maximum absolute atomic E-state index is 12.6. The van der Waals surface area contributed by atoms with E-state index in [-0.39, 0.29) is 11.3 Å². The second-order valence-electron chi connectivity index (χ2n) is 6.44. The van der Waals surface area contributed by atoms with Crippen molar-refractivity contribution in [3.8, 4) is 6.07 Å². The van der Waals surface area contributed by atoms with Gasteiger partial charge >= 0.3 is 0 Å². The van der Waals surface area contributed by atoms with Gasteiger partial charge in [0.15, 0.2) is 5.16 Å². The molecule has 0 aliphatic carbocycles. The third kappa shape index (κ3) is 5.12. The topological polar surface area (TPSA) is 114 Å². The molecule has 0 fully saturated rings. The molecule has 0 aliphatic heterocycles. The van der Waals surface area contributed by atoms with Crippen molar-refractivity contribution in [3.05, 3.63) is 80.6 Å². The number of benzene rings is 2. The highest BCUT2D eigenvalue weighted by molar-refractivity contribution is 7.99. The van der Waals surface area contributed by atoms with Crippen LogP contribution in [-0.4, -0.2) is 20.4 Å². The predicted molar refractivity (Wildman–Crippen MR) is 119 cm³/mol. The van der Waals surface area contributed by atoms with Crippen LogP contribution in [0.5, 0.6) is 0 Å². The van der Waals surface area contributed by atoms with Crippen LogP contribution in [-0.2, 0) is 11.8 Å². The third-order valence-electron chi connectivity index (χ3n) is 4.35. The molecule has 0 saturated heterocycles. The Morgan fingerprint density at radius 1 is 1.39 bits per heavy atom. The number of nitriles is 1. The molecule has 1 heterocycles. The zero-order valence-electron chi connectivity index (χ0n) is 16.5. The molecular formula is C21H16ClN5O3S. The van der Waals surface area contributed by atoms with Gasteiger partial charge in [-0.05, 0) is 54.1 Å². The van der Waals surface area contributed by atoms with Crippen molar-refractivity contribution in [1.82, 2.24) is 9.55 Å². The van der Waals surface area contributed by atoms with E-state index >= 15 is 0 Å². The minimum atomic E-state index is -0.637. The number of aryl methyl sites for hydroxylation is 1. The highest BCUT2D eigenvalue weighted by Crippen LogP contribution is 2.34. The maximum atomic E-state index is 12.6. The summed E-state index contributed by atoms with van der Waals surface area (Å²) in [5.41, 5.74) is 1.15. The van der Waals surface area contributed by atoms with Crippen LogP contribution in [0, 0.1) is 28.4 Å². The summed E-state index contributed by atoms with van der Waals surface area (Å²) in [6.07, 6.45) is 4.65. The van der Waals surface area contributed by atoms with Crippen molar-refractivity contribution in [2.75, 3.05) is 5.32 Å². The Hall–Kier alpha value is -3.61. The second-order valence-corrected chi connectivity index (χ2v) is 7.86. The molecule has 0 atom stereocenters. The van der Waals surface area contributed by atoms with Crippen molar-refractivity contribution in [3.63, 3.8) is 0 Å². The number of rotatable bonds is 6. The molecule has 0 spiro atoms. The predicted octanol–water partition coefficient (Wildman–Crippen LogP) is 4.99. The SMILES string of the molecule is Cc1c(Cl)cccc1NC(=O)/C(C#N)=C/c1ccc(Sc2nccn2C)c([N+](=O)[O-])c1. The Bertz CT molecular complexity index is 1250. The number of amides is 1. The summed E-state index contributed by atoms with van der Waals surface area (Å²) in [6.45, 7) is 1.75. The average molecular weight is 454 g/mol. The van der Waals surface area contributed by atoms with E-state index in [0.717, 1.165) is 11.8 Å². The molecule has 2 aromatic carbocycles. The molecule has 0 radical (unpaired) electrons. The number of halogens is 1. The van der Waals surface area contributed by atoms with E-state index in [0.29, 0.717) is 31.9 Å². The van der Waals surface area contributed by atoms with Crippen LogP contribution < -0.4 is 5.32 Å². The van der Waals surface area contributed by atoms with Crippen LogP contribution in [0.3, 0.4) is 0 Å². The van der Waals surface area contributed by atoms with Gasteiger partial charge < -0.3 is 9.88 Å². The highest BCUT2D eigenvalue weighted by atomic mass is 35.5. The van der Waals surface area contributed by atoms with Crippen molar-refractivity contribution in [2.45, 2.75) is 17.0 Å². The molecule has 10 heteroatoms. The molecule has 1 amide bonds. The quantitative estimate of drug-likeness (QED) is 0.243. The molecule has 3 rings (SSSR count). The monoisotopic (exact) mass is 453 g/mol. The van der Waals surface area contributed by atoms with E-state index in [1.165, 1.54) is 12.1 Å². The first-order chi connectivity index (χ1) is 14.8. The van der Waals surface area contributed by atoms with Gasteiger partial charge in [0.25, 0.3) is 11.6 Å². The molecule has 0 saturated carbocycles. The first-order valence-corrected chi connectivity index (χ1v) is 10.1. The lowest BCUT2D eigenvalue weighted by molar-refractivity contribution is -0.387. The molecule has 0 bridgehead atoms. The van der Waals surface area contributed by atoms with Crippen LogP contribution in [0.25, 0.3) is 6.08 Å². The Labute approximate surface area is 187 Å². The summed E-state index contributed by atoms with van der Waals surface area (Å²) >= 11 is 7.21. The van der Waals surface area contributed by atoms with Crippen molar-refractivity contribution in [1.29, 1.82) is 5.26 Å². The zero-order chi connectivity index (χ0) is 22.5. The van der Waals surface area contributed by atoms with Crippen LogP contribution in [0.4, 0.5) is 11.4 Å². The summed E-state index contributed by atoms with van der Waals surface area (Å²) in [5, 5.41) is 24.7. The zero-order valence-corrected chi connectivity index (χ0v) is 18.1. The Balaban J connectivity index is 1.89. The summed E-state index contributed by atoms with van der Waals surface area (Å²) in [5.74, 6) is -0.637. The Morgan fingerprint density at radius 2 is 2.16 bits per heavy atom. The molecule has 156 valence electrons. The van der Waals surface area contributed by atoms with Gasteiger partial charge in [0.2, 0.25) is 0 Å². The van der Waals surface area contributed by atoms with Gasteiger partial charge in [0.1, 0.15) is 11.6 Å². The highest BCUT2D eigenvalue weighted by Gasteiger charge is 2.18. The number of aromatic nitrogens is 2. The number of nitro groups is 1. The molecule has 1 aromatic heterocycles. The minimum absolute atomic E-state index is 0.148. The van der Waals surface area contributed by atoms with Gasteiger partial charge in [-0.1, -0.05) is 23.7 Å². The number of imidazole rings is 1. The standard InChI is InChI=1S/C21H16ClN5O3S/c1-13-16(22)4-3-5-17(13)25-20(28)15(12-23)10-14-6-7-19(18(11-14)27(29)30)31-21-24-8-9-26(21)2/h3-11H,1-2H3,(H,25,28)/b15-10+. The van der Waals surface area contributed by atoms with Crippen LogP contribution in [0.1, 0.15) is 11.1 Å². The van der Waals surface area contributed by atoms with Crippen LogP contribution in [0.2, 0.25) is 5.02 Å². The molecule has 0 unspecified atom stereocenters. The summed E-state index contributed by atoms with van der Waals surface area (Å²) in [6, 6.07) is 11.4. The fourth-order valence-corrected chi connectivity index (χ4v) is 3.71. The van der Waals surface area contributed by atoms with E-state index < -0.39 is 10.8 Å². The molecule has 31 heavy (non-hydrogen) atoms. The fourth-order valence-electron chi connectivity index (χ4n) is 2.65. The number of hydrogen-bond donors (Lipinski definition) is 1. The Morgan fingerprint density at radius 3 is 2.81 bits per heavy atom. The Kier molecular flexibility index (Phi) is 6.74. The van der Waals surface area contributed by atoms with E-state index in [9.17, 15) is 20.2 Å². The smallest absolute Gasteiger partial charge is 0.283 e. The molecule has 8 nitrogen and oxygen atoms in total. The van der Waals surface area contributed by atoms with E-state index in [4.69, 9.17) is 11.6 Å². The molecule has 1 N–H and O–H groups in total. The van der Waals surface area contributed by atoms with Crippen LogP contribution >= 0.6 is 23.4 Å². The van der Waals surface area contributed by atoms with E-state index in [2.05, 4.69) is 10.3 Å². The summed E-state index contributed by atoms with van der Waals surface area (Å²) in [4.78, 5) is 28.2. The number of nitrogens with zero attached hydrogens (tertiary/aromatic N) is 4. The number of nitro benzene ring substituents is 1. The molecule has 3 aromatic rings. The third-order valence-corrected chi connectivity index (χ3v) is 5.90. The van der Waals surface area contributed by atoms with Gasteiger partial charge in [-0.2, -0.15) is 5.26 Å². The number of carbonyl (C=O) groups is 1. The van der Waals surface area contributed by atoms with Crippen molar-refractivity contribution in [2.24, 2.45) is 7.05 Å². The first kappa shape index (κ1) is 22.1. The molecule has 0 aliphatic rings. The average Bonchev–Trinajstić information content (AvgIpc) is 3.14. The van der Waals surface area contributed by atoms with Gasteiger partial charge in [-0.25, -0.2) is 4.98 Å². The summed E-state index contributed by atoms with van der Waals surface area (Å²) < 4.78 is 1.75. The number of carbonyl (C=O) groups excluding carboxylic acids is 1. The number of anilines is 1. The lowest BCUT2D eigenvalue weighted by Gasteiger charge is -2.09. The minimum Gasteiger partial charge on any atom is -0.329 e. The maximum Gasteiger partial charge on any atom is 0.283 e. The molecular weight excluding hydrogens is 438 g/mol. The van der Waals surface area contributed by atoms with E-state index in [1.54, 1.807) is 61.3 Å². The second kappa shape index (κ2) is 9.47. The lowest BCUT2D eigenvalue weighted by Crippen LogP contribution is -2.14. The summed E-state index contributed by atoms with van der Waals surface area (Å²) in [7, 11) is 1.79. The fraction of sp³-hybridized carbons (Fsp3) is 0.0952. The largest absolute Gasteiger partial charge is 0.329 e. The number of nitrogens with one attached hydrogen (secondary N) is 1. The van der Waals surface area contributed by atoms with Crippen molar-refractivity contribution < 1.29 is 9.72 Å². The number of hydrogen-bond acceptors (Lipinski definition) is 6. The first-order valence-electron chi connectivity index (χ1n) is 8.92. The van der Waals surface area contributed by atoms with Gasteiger partial charge in [0, 0.05) is 36.2 Å². The van der Waals surface area contributed by atoms with E-state index in [1.807, 2.05) is 6.07 Å². The lowest BCUT2D eigenvalue weighted by atomic mass is 10.1.